The number of hydrogen-bond donors (Lipinski definition) is 0. The summed E-state index contributed by atoms with van der Waals surface area (Å²) in [6, 6.07) is 17.8. The van der Waals surface area contributed by atoms with E-state index in [9.17, 15) is 10.1 Å². The zero-order valence-corrected chi connectivity index (χ0v) is 13.4. The van der Waals surface area contributed by atoms with Crippen LogP contribution in [0.2, 0.25) is 5.02 Å². The third kappa shape index (κ3) is 2.45. The minimum Gasteiger partial charge on any atom is -0.243 e. The second-order valence-corrected chi connectivity index (χ2v) is 5.63. The van der Waals surface area contributed by atoms with E-state index < -0.39 is 5.69 Å². The molecule has 0 N–H and O–H groups in total. The van der Waals surface area contributed by atoms with Crippen molar-refractivity contribution < 1.29 is 0 Å². The first-order chi connectivity index (χ1) is 12.2. The minimum absolute atomic E-state index is 0.122. The van der Waals surface area contributed by atoms with Gasteiger partial charge in [-0.2, -0.15) is 19.6 Å². The largest absolute Gasteiger partial charge is 0.373 e. The number of rotatable bonds is 2. The molecule has 4 rings (SSSR count). The number of nitrogens with zero attached hydrogens (tertiary/aromatic N) is 6. The van der Waals surface area contributed by atoms with Gasteiger partial charge in [0.05, 0.1) is 5.69 Å². The van der Waals surface area contributed by atoms with Crippen LogP contribution < -0.4 is 5.69 Å². The van der Waals surface area contributed by atoms with Gasteiger partial charge in [0.2, 0.25) is 5.65 Å². The maximum absolute atomic E-state index is 12.7. The molecule has 0 radical (unpaired) electrons. The molecule has 8 heteroatoms. The molecular formula is C17H9ClN6O. The lowest BCUT2D eigenvalue weighted by Gasteiger charge is -2.02. The Morgan fingerprint density at radius 2 is 1.76 bits per heavy atom. The second-order valence-electron chi connectivity index (χ2n) is 5.20. The molecule has 2 heterocycles. The maximum Gasteiger partial charge on any atom is 0.373 e. The maximum atomic E-state index is 12.7. The van der Waals surface area contributed by atoms with Crippen LogP contribution in [0.3, 0.4) is 0 Å². The molecule has 0 aliphatic rings. The van der Waals surface area contributed by atoms with Crippen LogP contribution in [0.15, 0.2) is 59.4 Å². The smallest absolute Gasteiger partial charge is 0.243 e. The van der Waals surface area contributed by atoms with E-state index in [-0.39, 0.29) is 11.2 Å². The van der Waals surface area contributed by atoms with Crippen molar-refractivity contribution >= 4 is 17.2 Å². The van der Waals surface area contributed by atoms with Crippen LogP contribution >= 0.6 is 11.6 Å². The Kier molecular flexibility index (Phi) is 3.52. The highest BCUT2D eigenvalue weighted by Crippen LogP contribution is 2.23. The zero-order valence-electron chi connectivity index (χ0n) is 12.7. The van der Waals surface area contributed by atoms with Gasteiger partial charge in [-0.3, -0.25) is 0 Å². The molecule has 2 aromatic heterocycles. The highest BCUT2D eigenvalue weighted by Gasteiger charge is 2.19. The van der Waals surface area contributed by atoms with Gasteiger partial charge in [0.1, 0.15) is 17.3 Å². The molecule has 0 aliphatic carbocycles. The SMILES string of the molecule is N#Cc1c(-c2ccccc2)nn2c(=O)n(-c3ccc(Cl)cc3)nnc12. The van der Waals surface area contributed by atoms with Gasteiger partial charge in [-0.25, -0.2) is 4.79 Å². The fourth-order valence-corrected chi connectivity index (χ4v) is 2.62. The van der Waals surface area contributed by atoms with E-state index in [1.54, 1.807) is 24.3 Å². The summed E-state index contributed by atoms with van der Waals surface area (Å²) in [5, 5.41) is 22.3. The van der Waals surface area contributed by atoms with Crippen molar-refractivity contribution in [1.82, 2.24) is 24.6 Å². The van der Waals surface area contributed by atoms with Crippen LogP contribution in [0.1, 0.15) is 5.56 Å². The van der Waals surface area contributed by atoms with Crippen LogP contribution in [0.4, 0.5) is 0 Å². The van der Waals surface area contributed by atoms with Crippen molar-refractivity contribution in [3.05, 3.63) is 75.7 Å². The molecule has 0 spiro atoms. The Bertz CT molecular complexity index is 1170. The molecule has 4 aromatic rings. The summed E-state index contributed by atoms with van der Waals surface area (Å²) in [5.41, 5.74) is 1.42. The normalized spacial score (nSPS) is 10.7. The average Bonchev–Trinajstić information content (AvgIpc) is 3.03. The molecule has 25 heavy (non-hydrogen) atoms. The van der Waals surface area contributed by atoms with Crippen molar-refractivity contribution in [1.29, 1.82) is 5.26 Å². The first-order valence-electron chi connectivity index (χ1n) is 7.29. The Labute approximate surface area is 146 Å². The lowest BCUT2D eigenvalue weighted by atomic mass is 10.1. The first-order valence-corrected chi connectivity index (χ1v) is 7.67. The highest BCUT2D eigenvalue weighted by atomic mass is 35.5. The molecule has 0 saturated carbocycles. The molecular weight excluding hydrogens is 340 g/mol. The van der Waals surface area contributed by atoms with Gasteiger partial charge in [-0.1, -0.05) is 47.1 Å². The third-order valence-corrected chi connectivity index (χ3v) is 3.93. The number of hydrogen-bond acceptors (Lipinski definition) is 5. The van der Waals surface area contributed by atoms with E-state index in [1.165, 1.54) is 0 Å². The third-order valence-electron chi connectivity index (χ3n) is 3.68. The minimum atomic E-state index is -0.522. The van der Waals surface area contributed by atoms with Gasteiger partial charge < -0.3 is 0 Å². The topological polar surface area (TPSA) is 88.9 Å². The van der Waals surface area contributed by atoms with Gasteiger partial charge in [-0.05, 0) is 24.3 Å². The summed E-state index contributed by atoms with van der Waals surface area (Å²) in [5.74, 6) is 0. The highest BCUT2D eigenvalue weighted by molar-refractivity contribution is 6.30. The molecule has 0 amide bonds. The van der Waals surface area contributed by atoms with Gasteiger partial charge in [0, 0.05) is 10.6 Å². The van der Waals surface area contributed by atoms with Gasteiger partial charge in [-0.15, -0.1) is 5.10 Å². The van der Waals surface area contributed by atoms with Gasteiger partial charge in [0.15, 0.2) is 0 Å². The number of benzene rings is 2. The molecule has 0 fully saturated rings. The second kappa shape index (κ2) is 5.85. The summed E-state index contributed by atoms with van der Waals surface area (Å²) < 4.78 is 2.19. The number of halogens is 1. The van der Waals surface area contributed by atoms with Crippen LogP contribution in [0.5, 0.6) is 0 Å². The van der Waals surface area contributed by atoms with E-state index in [4.69, 9.17) is 11.6 Å². The lowest BCUT2D eigenvalue weighted by Crippen LogP contribution is -2.29. The number of nitriles is 1. The lowest BCUT2D eigenvalue weighted by molar-refractivity contribution is 0.650. The van der Waals surface area contributed by atoms with Crippen molar-refractivity contribution in [3.63, 3.8) is 0 Å². The predicted molar refractivity (Wildman–Crippen MR) is 91.5 cm³/mol. The zero-order chi connectivity index (χ0) is 17.4. The van der Waals surface area contributed by atoms with E-state index in [1.807, 2.05) is 30.3 Å². The number of aromatic nitrogens is 5. The summed E-state index contributed by atoms with van der Waals surface area (Å²) in [7, 11) is 0. The molecule has 2 aromatic carbocycles. The van der Waals surface area contributed by atoms with Gasteiger partial charge >= 0.3 is 5.69 Å². The van der Waals surface area contributed by atoms with Crippen molar-refractivity contribution in [2.75, 3.05) is 0 Å². The number of fused-ring (bicyclic) bond motifs is 1. The predicted octanol–water partition coefficient (Wildman–Crippen LogP) is 2.47. The summed E-state index contributed by atoms with van der Waals surface area (Å²) in [4.78, 5) is 12.7. The molecule has 0 unspecified atom stereocenters. The Morgan fingerprint density at radius 1 is 1.04 bits per heavy atom. The van der Waals surface area contributed by atoms with Crippen molar-refractivity contribution in [3.8, 4) is 23.0 Å². The van der Waals surface area contributed by atoms with Crippen LogP contribution in [-0.4, -0.2) is 24.6 Å². The summed E-state index contributed by atoms with van der Waals surface area (Å²) in [6.07, 6.45) is 0. The standard InChI is InChI=1S/C17H9ClN6O/c18-12-6-8-13(9-7-12)23-17(25)24-16(20-22-23)14(10-19)15(21-24)11-4-2-1-3-5-11/h1-9H. The Morgan fingerprint density at radius 3 is 2.44 bits per heavy atom. The molecule has 0 bridgehead atoms. The summed E-state index contributed by atoms with van der Waals surface area (Å²) >= 11 is 5.87. The van der Waals surface area contributed by atoms with E-state index in [2.05, 4.69) is 21.5 Å². The van der Waals surface area contributed by atoms with E-state index in [0.717, 1.165) is 14.8 Å². The Hall–Kier alpha value is -3.50. The monoisotopic (exact) mass is 348 g/mol. The molecule has 0 saturated heterocycles. The van der Waals surface area contributed by atoms with Gasteiger partial charge in [0.25, 0.3) is 0 Å². The first kappa shape index (κ1) is 15.1. The van der Waals surface area contributed by atoms with Crippen LogP contribution in [0.25, 0.3) is 22.6 Å². The van der Waals surface area contributed by atoms with Crippen LogP contribution in [-0.2, 0) is 0 Å². The fourth-order valence-electron chi connectivity index (χ4n) is 2.50. The van der Waals surface area contributed by atoms with Crippen LogP contribution in [0, 0.1) is 11.3 Å². The van der Waals surface area contributed by atoms with Crippen molar-refractivity contribution in [2.45, 2.75) is 0 Å². The quantitative estimate of drug-likeness (QED) is 0.555. The Balaban J connectivity index is 1.98. The van der Waals surface area contributed by atoms with Crippen molar-refractivity contribution in [2.24, 2.45) is 0 Å². The fraction of sp³-hybridized carbons (Fsp3) is 0. The molecule has 120 valence electrons. The molecule has 0 aliphatic heterocycles. The van der Waals surface area contributed by atoms with E-state index in [0.29, 0.717) is 16.4 Å². The summed E-state index contributed by atoms with van der Waals surface area (Å²) in [6.45, 7) is 0. The molecule has 0 atom stereocenters. The van der Waals surface area contributed by atoms with E-state index >= 15 is 0 Å². The molecule has 7 nitrogen and oxygen atoms in total. The average molecular weight is 349 g/mol.